The van der Waals surface area contributed by atoms with Crippen LogP contribution in [0.2, 0.25) is 5.02 Å². The average Bonchev–Trinajstić information content (AvgIpc) is 3.14. The molecule has 2 heterocycles. The molecule has 1 N–H and O–H groups in total. The van der Waals surface area contributed by atoms with E-state index in [1.54, 1.807) is 13.2 Å². The molecule has 7 nitrogen and oxygen atoms in total. The maximum atomic E-state index is 13.4. The number of methoxy groups -OCH3 is 1. The highest BCUT2D eigenvalue weighted by Crippen LogP contribution is 2.48. The van der Waals surface area contributed by atoms with E-state index in [2.05, 4.69) is 21.8 Å². The van der Waals surface area contributed by atoms with Gasteiger partial charge in [-0.2, -0.15) is 0 Å². The number of nitrogens with zero attached hydrogens (tertiary/aromatic N) is 1. The second-order valence-electron chi connectivity index (χ2n) is 13.0. The maximum absolute atomic E-state index is 13.4. The molecule has 4 aliphatic rings. The Hall–Kier alpha value is -2.68. The first-order chi connectivity index (χ1) is 20.7. The molecule has 0 saturated heterocycles. The third-order valence-corrected chi connectivity index (χ3v) is 12.3. The van der Waals surface area contributed by atoms with E-state index >= 15 is 0 Å². The fourth-order valence-electron chi connectivity index (χ4n) is 7.55. The summed E-state index contributed by atoms with van der Waals surface area (Å²) < 4.78 is 28.5. The number of hydrogen-bond donors (Lipinski definition) is 1. The highest BCUT2D eigenvalue weighted by atomic mass is 35.5. The Labute approximate surface area is 261 Å². The van der Waals surface area contributed by atoms with Gasteiger partial charge in [-0.15, -0.1) is 0 Å². The molecule has 1 saturated carbocycles. The quantitative estimate of drug-likeness (QED) is 0.336. The summed E-state index contributed by atoms with van der Waals surface area (Å²) in [6, 6.07) is 11.7. The summed E-state index contributed by atoms with van der Waals surface area (Å²) in [6.45, 7) is 5.81. The predicted octanol–water partition coefficient (Wildman–Crippen LogP) is 5.80. The molecule has 1 fully saturated rings. The minimum Gasteiger partial charge on any atom is -0.490 e. The van der Waals surface area contributed by atoms with Crippen molar-refractivity contribution in [3.8, 4) is 5.75 Å². The molecule has 5 unspecified atom stereocenters. The molecule has 9 heteroatoms. The van der Waals surface area contributed by atoms with Crippen molar-refractivity contribution in [3.05, 3.63) is 70.3 Å². The Morgan fingerprint density at radius 2 is 2.02 bits per heavy atom. The van der Waals surface area contributed by atoms with Crippen LogP contribution in [0.5, 0.6) is 5.75 Å². The Kier molecular flexibility index (Phi) is 8.48. The van der Waals surface area contributed by atoms with Gasteiger partial charge in [0.2, 0.25) is 0 Å². The lowest BCUT2D eigenvalue weighted by Gasteiger charge is -2.48. The molecule has 2 bridgehead atoms. The molecule has 230 valence electrons. The monoisotopic (exact) mass is 624 g/mol. The Morgan fingerprint density at radius 3 is 2.77 bits per heavy atom. The van der Waals surface area contributed by atoms with Gasteiger partial charge in [0.05, 0.1) is 17.5 Å². The van der Waals surface area contributed by atoms with Gasteiger partial charge in [-0.1, -0.05) is 30.7 Å². The molecule has 0 aromatic heterocycles. The molecule has 2 aromatic rings. The number of aldehydes is 1. The normalized spacial score (nSPS) is 34.9. The van der Waals surface area contributed by atoms with Crippen LogP contribution in [-0.2, 0) is 32.4 Å². The first kappa shape index (κ1) is 30.4. The number of halogens is 1. The Bertz CT molecular complexity index is 1460. The number of fused-ring (bicyclic) bond motifs is 4. The van der Waals surface area contributed by atoms with E-state index in [0.717, 1.165) is 54.8 Å². The lowest BCUT2D eigenvalue weighted by molar-refractivity contribution is -0.135. The van der Waals surface area contributed by atoms with Crippen molar-refractivity contribution in [3.63, 3.8) is 0 Å². The molecular weight excluding hydrogens is 584 g/mol. The standard InChI is InChI=1S/C34H41ClN2O5S/c1-22-6-4-15-34(20-38,41-3)29-11-8-26(29)18-37-19-33(14-5-7-24-16-27(35)10-12-28(24)33)21-42-31-13-9-25(17-30(31)37)32(39)36-43(40)23(22)2/h4,9-10,12-13,15-17,20,22-23,26,29H,5-8,11,14,18-19,21H2,1-3H3,(H,36,39)/b15-4+/t22?,23?,26?,29?,33-,34-,43?/m0/s1. The molecule has 43 heavy (non-hydrogen) atoms. The number of anilines is 1. The summed E-state index contributed by atoms with van der Waals surface area (Å²) in [7, 11) is 0.0320. The van der Waals surface area contributed by atoms with Crippen LogP contribution in [0.15, 0.2) is 48.6 Å². The van der Waals surface area contributed by atoms with Crippen LogP contribution in [0.4, 0.5) is 5.69 Å². The van der Waals surface area contributed by atoms with Gasteiger partial charge in [-0.05, 0) is 105 Å². The van der Waals surface area contributed by atoms with Crippen LogP contribution in [0.1, 0.15) is 67.4 Å². The first-order valence-electron chi connectivity index (χ1n) is 15.4. The Morgan fingerprint density at radius 1 is 1.19 bits per heavy atom. The van der Waals surface area contributed by atoms with Crippen LogP contribution < -0.4 is 14.4 Å². The topological polar surface area (TPSA) is 84.9 Å². The summed E-state index contributed by atoms with van der Waals surface area (Å²) in [4.78, 5) is 28.4. The highest BCUT2D eigenvalue weighted by molar-refractivity contribution is 7.84. The summed E-state index contributed by atoms with van der Waals surface area (Å²) in [6.07, 6.45) is 10.3. The van der Waals surface area contributed by atoms with Gasteiger partial charge in [-0.3, -0.25) is 14.3 Å². The van der Waals surface area contributed by atoms with E-state index in [1.165, 1.54) is 11.1 Å². The van der Waals surface area contributed by atoms with Crippen LogP contribution in [0.3, 0.4) is 0 Å². The number of carbonyl (C=O) groups is 2. The lowest BCUT2D eigenvalue weighted by Crippen LogP contribution is -2.53. The zero-order chi connectivity index (χ0) is 30.4. The molecule has 1 amide bonds. The van der Waals surface area contributed by atoms with Gasteiger partial charge in [0.25, 0.3) is 5.91 Å². The fraction of sp³-hybridized carbons (Fsp3) is 0.529. The molecule has 1 spiro atoms. The van der Waals surface area contributed by atoms with Gasteiger partial charge >= 0.3 is 0 Å². The van der Waals surface area contributed by atoms with Gasteiger partial charge in [0, 0.05) is 42.1 Å². The predicted molar refractivity (Wildman–Crippen MR) is 170 cm³/mol. The fourth-order valence-corrected chi connectivity index (χ4v) is 8.76. The molecule has 2 aromatic carbocycles. The molecule has 0 radical (unpaired) electrons. The van der Waals surface area contributed by atoms with Crippen molar-refractivity contribution in [2.75, 3.05) is 31.7 Å². The van der Waals surface area contributed by atoms with Gasteiger partial charge in [0.1, 0.15) is 22.3 Å². The number of nitrogens with one attached hydrogen (secondary N) is 1. The summed E-state index contributed by atoms with van der Waals surface area (Å²) >= 11 is 6.41. The lowest BCUT2D eigenvalue weighted by atomic mass is 9.64. The zero-order valence-electron chi connectivity index (χ0n) is 25.1. The molecule has 2 aliphatic carbocycles. The second kappa shape index (κ2) is 12.0. The number of rotatable bonds is 2. The number of allylic oxidation sites excluding steroid dienone is 1. The van der Waals surface area contributed by atoms with Gasteiger partial charge in [0.15, 0.2) is 6.29 Å². The summed E-state index contributed by atoms with van der Waals surface area (Å²) in [5, 5.41) is 0.456. The minimum atomic E-state index is -1.58. The van der Waals surface area contributed by atoms with Gasteiger partial charge < -0.3 is 14.4 Å². The van der Waals surface area contributed by atoms with Crippen LogP contribution in [-0.4, -0.2) is 54.1 Å². The molecular formula is C34H41ClN2O5S. The first-order valence-corrected chi connectivity index (χ1v) is 17.0. The van der Waals surface area contributed by atoms with E-state index < -0.39 is 16.6 Å². The number of aryl methyl sites for hydroxylation is 1. The zero-order valence-corrected chi connectivity index (χ0v) is 26.7. The van der Waals surface area contributed by atoms with Gasteiger partial charge in [-0.25, -0.2) is 4.21 Å². The van der Waals surface area contributed by atoms with Crippen LogP contribution >= 0.6 is 11.6 Å². The molecule has 6 rings (SSSR count). The number of hydrogen-bond acceptors (Lipinski definition) is 6. The highest BCUT2D eigenvalue weighted by Gasteiger charge is 2.49. The van der Waals surface area contributed by atoms with E-state index in [-0.39, 0.29) is 34.3 Å². The smallest absolute Gasteiger partial charge is 0.263 e. The number of benzene rings is 2. The number of ether oxygens (including phenoxy) is 2. The molecule has 7 atom stereocenters. The SMILES string of the molecule is CO[C@]1(C=O)/C=C/CC(C)C(C)S(=O)NC(=O)c2ccc3c(c2)N(CC2CCC21)C[C@@]1(CCCc2cc(Cl)ccc21)CO3. The van der Waals surface area contributed by atoms with E-state index in [1.807, 2.05) is 44.2 Å². The van der Waals surface area contributed by atoms with Crippen molar-refractivity contribution in [2.24, 2.45) is 17.8 Å². The number of amides is 1. The minimum absolute atomic E-state index is 0.0177. The van der Waals surface area contributed by atoms with Crippen LogP contribution in [0.25, 0.3) is 0 Å². The van der Waals surface area contributed by atoms with Crippen molar-refractivity contribution < 1.29 is 23.3 Å². The van der Waals surface area contributed by atoms with E-state index in [9.17, 15) is 13.8 Å². The van der Waals surface area contributed by atoms with Crippen LogP contribution in [0, 0.1) is 17.8 Å². The van der Waals surface area contributed by atoms with Crippen molar-refractivity contribution >= 4 is 40.5 Å². The third kappa shape index (κ3) is 5.55. The van der Waals surface area contributed by atoms with Crippen molar-refractivity contribution in [1.29, 1.82) is 0 Å². The summed E-state index contributed by atoms with van der Waals surface area (Å²) in [5.41, 5.74) is 2.56. The average molecular weight is 625 g/mol. The second-order valence-corrected chi connectivity index (χ2v) is 14.9. The maximum Gasteiger partial charge on any atom is 0.263 e. The largest absolute Gasteiger partial charge is 0.490 e. The van der Waals surface area contributed by atoms with Crippen molar-refractivity contribution in [1.82, 2.24) is 4.72 Å². The number of carbonyl (C=O) groups excluding carboxylic acids is 2. The summed E-state index contributed by atoms with van der Waals surface area (Å²) in [5.74, 6) is 0.612. The van der Waals surface area contributed by atoms with Crippen molar-refractivity contribution in [2.45, 2.75) is 68.6 Å². The third-order valence-electron chi connectivity index (χ3n) is 10.5. The Balaban J connectivity index is 1.44. The van der Waals surface area contributed by atoms with E-state index in [4.69, 9.17) is 21.1 Å². The van der Waals surface area contributed by atoms with E-state index in [0.29, 0.717) is 31.7 Å². The molecule has 2 aliphatic heterocycles.